The molecule has 172 valence electrons. The molecule has 3 heterocycles. The van der Waals surface area contributed by atoms with Gasteiger partial charge in [0.1, 0.15) is 0 Å². The van der Waals surface area contributed by atoms with E-state index in [-0.39, 0.29) is 0 Å². The number of aromatic nitrogens is 2. The second-order valence-electron chi connectivity index (χ2n) is 8.63. The van der Waals surface area contributed by atoms with E-state index in [1.165, 1.54) is 42.4 Å². The van der Waals surface area contributed by atoms with Crippen LogP contribution in [0.5, 0.6) is 0 Å². The van der Waals surface area contributed by atoms with Gasteiger partial charge < -0.3 is 19.7 Å². The zero-order chi connectivity index (χ0) is 22.9. The van der Waals surface area contributed by atoms with Crippen LogP contribution in [-0.2, 0) is 4.79 Å². The number of carbonyl (C=O) groups is 1. The molecular weight excluding hydrogens is 422 g/mol. The Balaban J connectivity index is 0.000000275. The van der Waals surface area contributed by atoms with Gasteiger partial charge in [-0.1, -0.05) is 11.6 Å². The standard InChI is InChI=1S/C19H20ClN3.C6H14N2O/c1-22-10-7-14(8-11-22)18-13-23(16-4-2-15(20)3-5-16)19-12-21-9-6-17(18)19;1-8(2)5-3-4-7-6-9/h2-6,9,12-14H,7-8,10-11H2,1H3;6H,3-5H2,1-2H3,(H,7,9). The van der Waals surface area contributed by atoms with Gasteiger partial charge in [-0.25, -0.2) is 0 Å². The van der Waals surface area contributed by atoms with Crippen LogP contribution >= 0.6 is 11.6 Å². The van der Waals surface area contributed by atoms with Crippen LogP contribution in [0, 0.1) is 0 Å². The minimum Gasteiger partial charge on any atom is -0.359 e. The highest BCUT2D eigenvalue weighted by Crippen LogP contribution is 2.35. The molecule has 1 amide bonds. The third kappa shape index (κ3) is 6.55. The highest BCUT2D eigenvalue weighted by Gasteiger charge is 2.22. The molecule has 1 N–H and O–H groups in total. The molecule has 1 fully saturated rings. The van der Waals surface area contributed by atoms with E-state index in [9.17, 15) is 4.79 Å². The van der Waals surface area contributed by atoms with Gasteiger partial charge >= 0.3 is 0 Å². The number of nitrogens with zero attached hydrogens (tertiary/aromatic N) is 4. The smallest absolute Gasteiger partial charge is 0.207 e. The Labute approximate surface area is 196 Å². The van der Waals surface area contributed by atoms with Crippen LogP contribution in [0.25, 0.3) is 16.6 Å². The van der Waals surface area contributed by atoms with Crippen molar-refractivity contribution in [2.24, 2.45) is 0 Å². The van der Waals surface area contributed by atoms with Crippen LogP contribution in [-0.4, -0.2) is 73.1 Å². The number of amides is 1. The predicted molar refractivity (Wildman–Crippen MR) is 133 cm³/mol. The summed E-state index contributed by atoms with van der Waals surface area (Å²) in [6, 6.07) is 10.2. The van der Waals surface area contributed by atoms with Crippen LogP contribution < -0.4 is 5.32 Å². The van der Waals surface area contributed by atoms with Gasteiger partial charge in [-0.3, -0.25) is 9.78 Å². The summed E-state index contributed by atoms with van der Waals surface area (Å²) in [6.45, 7) is 4.15. The largest absolute Gasteiger partial charge is 0.359 e. The molecule has 0 radical (unpaired) electrons. The molecule has 0 aliphatic carbocycles. The molecule has 4 rings (SSSR count). The summed E-state index contributed by atoms with van der Waals surface area (Å²) in [5.74, 6) is 0.629. The van der Waals surface area contributed by atoms with E-state index >= 15 is 0 Å². The summed E-state index contributed by atoms with van der Waals surface area (Å²) in [5.41, 5.74) is 3.75. The molecule has 0 atom stereocenters. The minimum absolute atomic E-state index is 0.629. The van der Waals surface area contributed by atoms with Crippen LogP contribution in [0.15, 0.2) is 48.9 Å². The number of hydrogen-bond donors (Lipinski definition) is 1. The average Bonchev–Trinajstić information content (AvgIpc) is 3.18. The molecule has 1 aromatic carbocycles. The first-order valence-corrected chi connectivity index (χ1v) is 11.6. The zero-order valence-corrected chi connectivity index (χ0v) is 20.1. The highest BCUT2D eigenvalue weighted by molar-refractivity contribution is 6.30. The molecule has 0 bridgehead atoms. The number of nitrogens with one attached hydrogen (secondary N) is 1. The maximum absolute atomic E-state index is 9.72. The van der Waals surface area contributed by atoms with Gasteiger partial charge in [0.05, 0.1) is 11.7 Å². The maximum atomic E-state index is 9.72. The van der Waals surface area contributed by atoms with Crippen molar-refractivity contribution < 1.29 is 4.79 Å². The average molecular weight is 456 g/mol. The number of piperidine rings is 1. The second-order valence-corrected chi connectivity index (χ2v) is 9.07. The Hall–Kier alpha value is -2.41. The zero-order valence-electron chi connectivity index (χ0n) is 19.3. The molecule has 3 aromatic rings. The molecule has 0 unspecified atom stereocenters. The molecule has 32 heavy (non-hydrogen) atoms. The summed E-state index contributed by atoms with van der Waals surface area (Å²) in [4.78, 5) is 18.6. The number of fused-ring (bicyclic) bond motifs is 1. The Kier molecular flexibility index (Phi) is 9.09. The van der Waals surface area contributed by atoms with Crippen LogP contribution in [0.3, 0.4) is 0 Å². The Morgan fingerprint density at radius 3 is 2.56 bits per heavy atom. The summed E-state index contributed by atoms with van der Waals surface area (Å²) in [7, 11) is 6.24. The molecule has 1 aliphatic heterocycles. The first-order chi connectivity index (χ1) is 15.5. The van der Waals surface area contributed by atoms with E-state index in [2.05, 4.69) is 56.1 Å². The van der Waals surface area contributed by atoms with E-state index in [1.54, 1.807) is 0 Å². The summed E-state index contributed by atoms with van der Waals surface area (Å²) >= 11 is 6.03. The lowest BCUT2D eigenvalue weighted by Gasteiger charge is -2.28. The monoisotopic (exact) mass is 455 g/mol. The first-order valence-electron chi connectivity index (χ1n) is 11.2. The third-order valence-corrected chi connectivity index (χ3v) is 6.16. The number of pyridine rings is 1. The number of hydrogen-bond acceptors (Lipinski definition) is 4. The lowest BCUT2D eigenvalue weighted by Crippen LogP contribution is -2.29. The number of benzene rings is 1. The van der Waals surface area contributed by atoms with Crippen LogP contribution in [0.2, 0.25) is 5.02 Å². The molecule has 6 nitrogen and oxygen atoms in total. The van der Waals surface area contributed by atoms with Crippen molar-refractivity contribution in [2.75, 3.05) is 47.3 Å². The number of halogens is 1. The summed E-state index contributed by atoms with van der Waals surface area (Å²) < 4.78 is 2.24. The van der Waals surface area contributed by atoms with Crippen molar-refractivity contribution in [3.05, 3.63) is 59.5 Å². The Bertz CT molecular complexity index is 978. The normalized spacial score (nSPS) is 14.9. The van der Waals surface area contributed by atoms with E-state index in [4.69, 9.17) is 11.6 Å². The first kappa shape index (κ1) is 24.2. The minimum atomic E-state index is 0.629. The van der Waals surface area contributed by atoms with Gasteiger partial charge in [-0.2, -0.15) is 0 Å². The van der Waals surface area contributed by atoms with Crippen LogP contribution in [0.1, 0.15) is 30.7 Å². The van der Waals surface area contributed by atoms with E-state index < -0.39 is 0 Å². The SMILES string of the molecule is CN(C)CCCNC=O.CN1CCC(c2cn(-c3ccc(Cl)cc3)c3cnccc23)CC1. The summed E-state index contributed by atoms with van der Waals surface area (Å²) in [6.07, 6.45) is 10.3. The second kappa shape index (κ2) is 12.0. The fraction of sp³-hybridized carbons (Fsp3) is 0.440. The lowest BCUT2D eigenvalue weighted by atomic mass is 9.90. The Morgan fingerprint density at radius 2 is 1.91 bits per heavy atom. The summed E-state index contributed by atoms with van der Waals surface area (Å²) in [5, 5.41) is 4.68. The van der Waals surface area contributed by atoms with Crippen LogP contribution in [0.4, 0.5) is 0 Å². The number of likely N-dealkylation sites (tertiary alicyclic amines) is 1. The fourth-order valence-corrected chi connectivity index (χ4v) is 4.24. The predicted octanol–water partition coefficient (Wildman–Crippen LogP) is 4.17. The molecule has 0 saturated carbocycles. The molecular formula is C25H34ClN5O. The van der Waals surface area contributed by atoms with Crippen molar-refractivity contribution in [3.8, 4) is 5.69 Å². The van der Waals surface area contributed by atoms with Crippen molar-refractivity contribution in [2.45, 2.75) is 25.2 Å². The number of rotatable bonds is 7. The van der Waals surface area contributed by atoms with Gasteiger partial charge in [-0.15, -0.1) is 0 Å². The van der Waals surface area contributed by atoms with Crippen molar-refractivity contribution in [1.82, 2.24) is 24.7 Å². The molecule has 2 aromatic heterocycles. The molecule has 0 spiro atoms. The topological polar surface area (TPSA) is 53.4 Å². The van der Waals surface area contributed by atoms with Gasteiger partial charge in [-0.05, 0) is 102 Å². The van der Waals surface area contributed by atoms with Crippen molar-refractivity contribution in [3.63, 3.8) is 0 Å². The quantitative estimate of drug-likeness (QED) is 0.429. The van der Waals surface area contributed by atoms with Crippen molar-refractivity contribution in [1.29, 1.82) is 0 Å². The van der Waals surface area contributed by atoms with Gasteiger partial charge in [0.15, 0.2) is 0 Å². The Morgan fingerprint density at radius 1 is 1.19 bits per heavy atom. The fourth-order valence-electron chi connectivity index (χ4n) is 4.12. The molecule has 1 aliphatic rings. The van der Waals surface area contributed by atoms with Gasteiger partial charge in [0.2, 0.25) is 6.41 Å². The van der Waals surface area contributed by atoms with Gasteiger partial charge in [0, 0.05) is 35.0 Å². The van der Waals surface area contributed by atoms with E-state index in [0.717, 1.165) is 36.6 Å². The lowest BCUT2D eigenvalue weighted by molar-refractivity contribution is -0.109. The van der Waals surface area contributed by atoms with Gasteiger partial charge in [0.25, 0.3) is 0 Å². The number of carbonyl (C=O) groups excluding carboxylic acids is 1. The maximum Gasteiger partial charge on any atom is 0.207 e. The molecule has 7 heteroatoms. The van der Waals surface area contributed by atoms with E-state index in [1.807, 2.05) is 38.6 Å². The highest BCUT2D eigenvalue weighted by atomic mass is 35.5. The third-order valence-electron chi connectivity index (χ3n) is 5.91. The molecule has 1 saturated heterocycles. The van der Waals surface area contributed by atoms with Crippen molar-refractivity contribution >= 4 is 28.9 Å². The van der Waals surface area contributed by atoms with E-state index in [0.29, 0.717) is 5.92 Å².